The number of aromatic amines is 1. The Morgan fingerprint density at radius 1 is 1.65 bits per heavy atom. The zero-order chi connectivity index (χ0) is 12.3. The molecule has 5 heteroatoms. The van der Waals surface area contributed by atoms with Gasteiger partial charge in [0.25, 0.3) is 5.56 Å². The molecule has 1 unspecified atom stereocenters. The minimum absolute atomic E-state index is 0.0639. The Balaban J connectivity index is 1.96. The molecule has 1 aliphatic carbocycles. The summed E-state index contributed by atoms with van der Waals surface area (Å²) >= 11 is 1.56. The molecule has 1 atom stereocenters. The number of nitrogens with zero attached hydrogens (tertiary/aromatic N) is 1. The van der Waals surface area contributed by atoms with E-state index in [1.807, 2.05) is 0 Å². The molecule has 1 fully saturated rings. The van der Waals surface area contributed by atoms with Crippen molar-refractivity contribution in [2.24, 2.45) is 11.7 Å². The van der Waals surface area contributed by atoms with E-state index in [1.54, 1.807) is 17.8 Å². The second-order valence-corrected chi connectivity index (χ2v) is 5.61. The van der Waals surface area contributed by atoms with Gasteiger partial charge in [0.1, 0.15) is 0 Å². The van der Waals surface area contributed by atoms with Gasteiger partial charge in [-0.2, -0.15) is 0 Å². The Bertz CT molecular complexity index is 428. The Kier molecular flexibility index (Phi) is 4.23. The summed E-state index contributed by atoms with van der Waals surface area (Å²) in [6, 6.07) is 1.81. The van der Waals surface area contributed by atoms with Gasteiger partial charge in [0.2, 0.25) is 0 Å². The van der Waals surface area contributed by atoms with Crippen LogP contribution in [-0.4, -0.2) is 21.8 Å². The van der Waals surface area contributed by atoms with E-state index in [2.05, 4.69) is 16.9 Å². The third-order valence-corrected chi connectivity index (χ3v) is 3.94. The molecule has 0 bridgehead atoms. The van der Waals surface area contributed by atoms with Gasteiger partial charge in [-0.3, -0.25) is 4.79 Å². The first-order valence-electron chi connectivity index (χ1n) is 6.17. The van der Waals surface area contributed by atoms with E-state index in [0.717, 1.165) is 24.3 Å². The second-order valence-electron chi connectivity index (χ2n) is 4.60. The highest BCUT2D eigenvalue weighted by Crippen LogP contribution is 2.33. The fourth-order valence-corrected chi connectivity index (χ4v) is 2.75. The van der Waals surface area contributed by atoms with Gasteiger partial charge in [0.15, 0.2) is 5.16 Å². The van der Waals surface area contributed by atoms with Crippen molar-refractivity contribution in [2.45, 2.75) is 43.8 Å². The van der Waals surface area contributed by atoms with Crippen LogP contribution in [0.2, 0.25) is 0 Å². The van der Waals surface area contributed by atoms with Gasteiger partial charge < -0.3 is 10.7 Å². The number of nitrogens with one attached hydrogen (secondary N) is 1. The number of hydrogen-bond acceptors (Lipinski definition) is 4. The predicted molar refractivity (Wildman–Crippen MR) is 70.3 cm³/mol. The third kappa shape index (κ3) is 3.85. The van der Waals surface area contributed by atoms with Crippen LogP contribution >= 0.6 is 11.8 Å². The number of thioether (sulfide) groups is 1. The van der Waals surface area contributed by atoms with Gasteiger partial charge in [-0.25, -0.2) is 4.98 Å². The van der Waals surface area contributed by atoms with Crippen molar-refractivity contribution in [3.05, 3.63) is 22.1 Å². The van der Waals surface area contributed by atoms with E-state index in [9.17, 15) is 4.79 Å². The van der Waals surface area contributed by atoms with E-state index < -0.39 is 0 Å². The van der Waals surface area contributed by atoms with Crippen LogP contribution < -0.4 is 11.3 Å². The summed E-state index contributed by atoms with van der Waals surface area (Å²) in [5, 5.41) is 0.706. The van der Waals surface area contributed by atoms with Crippen LogP contribution in [0.1, 0.15) is 31.9 Å². The summed E-state index contributed by atoms with van der Waals surface area (Å²) in [4.78, 5) is 18.6. The molecular formula is C12H19N3OS. The smallest absolute Gasteiger partial charge is 0.251 e. The van der Waals surface area contributed by atoms with Gasteiger partial charge in [-0.15, -0.1) is 0 Å². The third-order valence-electron chi connectivity index (χ3n) is 2.92. The largest absolute Gasteiger partial charge is 0.327 e. The summed E-state index contributed by atoms with van der Waals surface area (Å²) in [7, 11) is 0. The van der Waals surface area contributed by atoms with Gasteiger partial charge >= 0.3 is 0 Å². The molecule has 1 heterocycles. The Morgan fingerprint density at radius 2 is 2.41 bits per heavy atom. The number of H-pyrrole nitrogens is 1. The van der Waals surface area contributed by atoms with Crippen molar-refractivity contribution in [3.63, 3.8) is 0 Å². The molecule has 0 amide bonds. The van der Waals surface area contributed by atoms with Crippen LogP contribution in [0.25, 0.3) is 0 Å². The summed E-state index contributed by atoms with van der Waals surface area (Å²) in [6.45, 7) is 2.08. The fourth-order valence-electron chi connectivity index (χ4n) is 1.77. The molecule has 1 aromatic heterocycles. The van der Waals surface area contributed by atoms with Crippen LogP contribution in [0.15, 0.2) is 16.0 Å². The SMILES string of the molecule is CCCc1cc(=O)[nH]c(SCC(N)C2CC2)n1. The molecule has 17 heavy (non-hydrogen) atoms. The first kappa shape index (κ1) is 12.6. The lowest BCUT2D eigenvalue weighted by molar-refractivity contribution is 0.657. The lowest BCUT2D eigenvalue weighted by atomic mass is 10.2. The number of aromatic nitrogens is 2. The second kappa shape index (κ2) is 5.69. The fraction of sp³-hybridized carbons (Fsp3) is 0.667. The van der Waals surface area contributed by atoms with E-state index >= 15 is 0 Å². The van der Waals surface area contributed by atoms with Crippen LogP contribution in [0.4, 0.5) is 0 Å². The summed E-state index contributed by atoms with van der Waals surface area (Å²) < 4.78 is 0. The van der Waals surface area contributed by atoms with Crippen molar-refractivity contribution < 1.29 is 0 Å². The minimum Gasteiger partial charge on any atom is -0.327 e. The average molecular weight is 253 g/mol. The predicted octanol–water partition coefficient (Wildman–Crippen LogP) is 1.55. The highest BCUT2D eigenvalue weighted by molar-refractivity contribution is 7.99. The van der Waals surface area contributed by atoms with Gasteiger partial charge in [0.05, 0.1) is 0 Å². The van der Waals surface area contributed by atoms with E-state index in [0.29, 0.717) is 11.1 Å². The molecule has 0 aromatic carbocycles. The molecule has 1 aromatic rings. The molecule has 2 rings (SSSR count). The highest BCUT2D eigenvalue weighted by Gasteiger charge is 2.28. The lowest BCUT2D eigenvalue weighted by Crippen LogP contribution is -2.25. The van der Waals surface area contributed by atoms with E-state index in [4.69, 9.17) is 5.73 Å². The molecule has 3 N–H and O–H groups in total. The molecular weight excluding hydrogens is 234 g/mol. The molecule has 0 radical (unpaired) electrons. The highest BCUT2D eigenvalue weighted by atomic mass is 32.2. The zero-order valence-corrected chi connectivity index (χ0v) is 10.9. The van der Waals surface area contributed by atoms with Gasteiger partial charge in [0, 0.05) is 23.6 Å². The zero-order valence-electron chi connectivity index (χ0n) is 10.1. The maximum Gasteiger partial charge on any atom is 0.251 e. The van der Waals surface area contributed by atoms with Gasteiger partial charge in [-0.05, 0) is 25.2 Å². The van der Waals surface area contributed by atoms with Crippen molar-refractivity contribution in [2.75, 3.05) is 5.75 Å². The molecule has 0 aliphatic heterocycles. The van der Waals surface area contributed by atoms with Crippen LogP contribution in [-0.2, 0) is 6.42 Å². The lowest BCUT2D eigenvalue weighted by Gasteiger charge is -2.09. The average Bonchev–Trinajstić information content (AvgIpc) is 3.09. The van der Waals surface area contributed by atoms with Crippen LogP contribution in [0.5, 0.6) is 0 Å². The first-order chi connectivity index (χ1) is 8.19. The van der Waals surface area contributed by atoms with E-state index in [1.165, 1.54) is 12.8 Å². The molecule has 94 valence electrons. The maximum atomic E-state index is 11.4. The van der Waals surface area contributed by atoms with Crippen LogP contribution in [0.3, 0.4) is 0 Å². The van der Waals surface area contributed by atoms with E-state index in [-0.39, 0.29) is 11.6 Å². The normalized spacial score (nSPS) is 17.1. The number of aryl methyl sites for hydroxylation is 1. The van der Waals surface area contributed by atoms with Crippen molar-refractivity contribution in [1.82, 2.24) is 9.97 Å². The summed E-state index contributed by atoms with van der Waals surface area (Å²) in [6.07, 6.45) is 4.36. The molecule has 0 spiro atoms. The Morgan fingerprint density at radius 3 is 3.06 bits per heavy atom. The summed E-state index contributed by atoms with van der Waals surface area (Å²) in [5.74, 6) is 1.52. The number of nitrogens with two attached hydrogens (primary N) is 1. The minimum atomic E-state index is -0.0639. The molecule has 1 saturated carbocycles. The van der Waals surface area contributed by atoms with Crippen molar-refractivity contribution >= 4 is 11.8 Å². The molecule has 0 saturated heterocycles. The monoisotopic (exact) mass is 253 g/mol. The maximum absolute atomic E-state index is 11.4. The Hall–Kier alpha value is -0.810. The Labute approximate surface area is 105 Å². The quantitative estimate of drug-likeness (QED) is 0.596. The van der Waals surface area contributed by atoms with Crippen molar-refractivity contribution in [3.8, 4) is 0 Å². The van der Waals surface area contributed by atoms with Crippen molar-refractivity contribution in [1.29, 1.82) is 0 Å². The number of hydrogen-bond donors (Lipinski definition) is 2. The summed E-state index contributed by atoms with van der Waals surface area (Å²) in [5.41, 5.74) is 6.83. The van der Waals surface area contributed by atoms with Crippen LogP contribution in [0, 0.1) is 5.92 Å². The van der Waals surface area contributed by atoms with Gasteiger partial charge in [-0.1, -0.05) is 25.1 Å². The number of rotatable bonds is 6. The first-order valence-corrected chi connectivity index (χ1v) is 7.16. The molecule has 1 aliphatic rings. The molecule has 4 nitrogen and oxygen atoms in total. The standard InChI is InChI=1S/C12H19N3OS/c1-2-3-9-6-11(16)15-12(14-9)17-7-10(13)8-4-5-8/h6,8,10H,2-5,7,13H2,1H3,(H,14,15,16). The topological polar surface area (TPSA) is 71.8 Å².